The lowest BCUT2D eigenvalue weighted by molar-refractivity contribution is 0.292. The Kier molecular flexibility index (Phi) is 5.21. The molecule has 0 atom stereocenters. The summed E-state index contributed by atoms with van der Waals surface area (Å²) in [6.07, 6.45) is 4.38. The Morgan fingerprint density at radius 3 is 2.84 bits per heavy atom. The van der Waals surface area contributed by atoms with Gasteiger partial charge in [0.05, 0.1) is 11.0 Å². The first kappa shape index (κ1) is 13.9. The molecule has 1 aromatic heterocycles. The van der Waals surface area contributed by atoms with Crippen LogP contribution >= 0.6 is 0 Å². The summed E-state index contributed by atoms with van der Waals surface area (Å²) < 4.78 is 2.25. The van der Waals surface area contributed by atoms with Gasteiger partial charge in [0.25, 0.3) is 0 Å². The van der Waals surface area contributed by atoms with Crippen molar-refractivity contribution in [2.24, 2.45) is 0 Å². The predicted octanol–water partition coefficient (Wildman–Crippen LogP) is 3.02. The number of unbranched alkanes of at least 4 members (excludes halogenated alkanes) is 2. The van der Waals surface area contributed by atoms with Crippen LogP contribution in [0.25, 0.3) is 11.0 Å². The summed E-state index contributed by atoms with van der Waals surface area (Å²) in [5, 5.41) is 12.2. The molecule has 0 unspecified atom stereocenters. The highest BCUT2D eigenvalue weighted by atomic mass is 16.3. The van der Waals surface area contributed by atoms with E-state index in [2.05, 4.69) is 33.9 Å². The number of aryl methyl sites for hydroxylation is 1. The van der Waals surface area contributed by atoms with E-state index in [4.69, 9.17) is 5.11 Å². The van der Waals surface area contributed by atoms with Gasteiger partial charge in [-0.25, -0.2) is 4.98 Å². The number of aromatic nitrogens is 2. The lowest BCUT2D eigenvalue weighted by Crippen LogP contribution is -2.10. The van der Waals surface area contributed by atoms with Crippen molar-refractivity contribution in [3.63, 3.8) is 0 Å². The molecule has 0 spiro atoms. The quantitative estimate of drug-likeness (QED) is 0.718. The Bertz CT molecular complexity index is 507. The molecule has 0 bridgehead atoms. The number of nitrogens with one attached hydrogen (secondary N) is 1. The Morgan fingerprint density at radius 1 is 1.21 bits per heavy atom. The van der Waals surface area contributed by atoms with Crippen molar-refractivity contribution in [2.45, 2.75) is 39.2 Å². The first-order valence-electron chi connectivity index (χ1n) is 7.16. The van der Waals surface area contributed by atoms with E-state index >= 15 is 0 Å². The molecule has 0 amide bonds. The fraction of sp³-hybridized carbons (Fsp3) is 0.533. The van der Waals surface area contributed by atoms with Crippen molar-refractivity contribution in [3.8, 4) is 0 Å². The topological polar surface area (TPSA) is 50.1 Å². The minimum absolute atomic E-state index is 0.211. The molecule has 2 rings (SSSR count). The summed E-state index contributed by atoms with van der Waals surface area (Å²) in [5.41, 5.74) is 2.22. The van der Waals surface area contributed by atoms with Gasteiger partial charge < -0.3 is 15.0 Å². The van der Waals surface area contributed by atoms with E-state index in [-0.39, 0.29) is 6.61 Å². The van der Waals surface area contributed by atoms with E-state index in [9.17, 15) is 0 Å². The molecule has 104 valence electrons. The summed E-state index contributed by atoms with van der Waals surface area (Å²) in [7, 11) is 0. The number of imidazole rings is 1. The number of anilines is 1. The van der Waals surface area contributed by atoms with Crippen LogP contribution in [0.4, 0.5) is 5.95 Å². The van der Waals surface area contributed by atoms with Crippen LogP contribution in [0.1, 0.15) is 32.6 Å². The van der Waals surface area contributed by atoms with Gasteiger partial charge in [-0.05, 0) is 25.0 Å². The molecule has 0 saturated carbocycles. The van der Waals surface area contributed by atoms with Gasteiger partial charge in [-0.1, -0.05) is 31.9 Å². The number of hydrogen-bond donors (Lipinski definition) is 2. The standard InChI is InChI=1S/C15H23N3O/c1-2-3-6-11-18-14-9-5-4-8-13(14)17-15(18)16-10-7-12-19/h4-5,8-9,19H,2-3,6-7,10-12H2,1H3,(H,16,17). The SMILES string of the molecule is CCCCCn1c(NCCCO)nc2ccccc21. The van der Waals surface area contributed by atoms with Gasteiger partial charge in [-0.15, -0.1) is 0 Å². The maximum atomic E-state index is 8.86. The van der Waals surface area contributed by atoms with Gasteiger partial charge in [0, 0.05) is 19.7 Å². The maximum absolute atomic E-state index is 8.86. The van der Waals surface area contributed by atoms with Gasteiger partial charge in [-0.3, -0.25) is 0 Å². The van der Waals surface area contributed by atoms with Crippen molar-refractivity contribution >= 4 is 17.0 Å². The first-order valence-corrected chi connectivity index (χ1v) is 7.16. The molecule has 0 aliphatic rings. The molecule has 4 nitrogen and oxygen atoms in total. The van der Waals surface area contributed by atoms with Crippen LogP contribution in [-0.2, 0) is 6.54 Å². The van der Waals surface area contributed by atoms with Gasteiger partial charge in [0.2, 0.25) is 5.95 Å². The number of para-hydroxylation sites is 2. The van der Waals surface area contributed by atoms with Gasteiger partial charge in [-0.2, -0.15) is 0 Å². The molecule has 0 radical (unpaired) electrons. The summed E-state index contributed by atoms with van der Waals surface area (Å²) in [4.78, 5) is 4.63. The highest BCUT2D eigenvalue weighted by molar-refractivity contribution is 5.78. The molecule has 2 N–H and O–H groups in total. The lowest BCUT2D eigenvalue weighted by Gasteiger charge is -2.10. The van der Waals surface area contributed by atoms with Crippen LogP contribution in [0.2, 0.25) is 0 Å². The zero-order valence-corrected chi connectivity index (χ0v) is 11.6. The summed E-state index contributed by atoms with van der Waals surface area (Å²) in [5.74, 6) is 0.922. The van der Waals surface area contributed by atoms with Crippen molar-refractivity contribution in [3.05, 3.63) is 24.3 Å². The zero-order chi connectivity index (χ0) is 13.5. The van der Waals surface area contributed by atoms with E-state index in [1.807, 2.05) is 12.1 Å². The molecular weight excluding hydrogens is 238 g/mol. The normalized spacial score (nSPS) is 11.1. The highest BCUT2D eigenvalue weighted by Gasteiger charge is 2.09. The Labute approximate surface area is 114 Å². The summed E-state index contributed by atoms with van der Waals surface area (Å²) >= 11 is 0. The number of fused-ring (bicyclic) bond motifs is 1. The number of hydrogen-bond acceptors (Lipinski definition) is 3. The zero-order valence-electron chi connectivity index (χ0n) is 11.6. The van der Waals surface area contributed by atoms with Crippen LogP contribution in [0, 0.1) is 0 Å². The summed E-state index contributed by atoms with van der Waals surface area (Å²) in [6, 6.07) is 8.23. The predicted molar refractivity (Wildman–Crippen MR) is 79.5 cm³/mol. The van der Waals surface area contributed by atoms with Crippen molar-refractivity contribution in [1.29, 1.82) is 0 Å². The Morgan fingerprint density at radius 2 is 2.05 bits per heavy atom. The van der Waals surface area contributed by atoms with Crippen molar-refractivity contribution in [1.82, 2.24) is 9.55 Å². The number of aliphatic hydroxyl groups is 1. The number of benzene rings is 1. The van der Waals surface area contributed by atoms with E-state index in [0.717, 1.165) is 31.0 Å². The number of aliphatic hydroxyl groups excluding tert-OH is 1. The molecule has 0 saturated heterocycles. The van der Waals surface area contributed by atoms with Crippen LogP contribution in [0.3, 0.4) is 0 Å². The first-order chi connectivity index (χ1) is 9.36. The van der Waals surface area contributed by atoms with Crippen molar-refractivity contribution in [2.75, 3.05) is 18.5 Å². The third-order valence-corrected chi connectivity index (χ3v) is 3.26. The largest absolute Gasteiger partial charge is 0.396 e. The summed E-state index contributed by atoms with van der Waals surface area (Å²) in [6.45, 7) is 4.18. The van der Waals surface area contributed by atoms with Crippen LogP contribution < -0.4 is 5.32 Å². The average Bonchev–Trinajstić information content (AvgIpc) is 2.78. The second kappa shape index (κ2) is 7.14. The van der Waals surface area contributed by atoms with E-state index in [1.54, 1.807) is 0 Å². The van der Waals surface area contributed by atoms with Crippen LogP contribution in [-0.4, -0.2) is 27.8 Å². The van der Waals surface area contributed by atoms with Gasteiger partial charge >= 0.3 is 0 Å². The van der Waals surface area contributed by atoms with Crippen molar-refractivity contribution < 1.29 is 5.11 Å². The molecule has 0 fully saturated rings. The second-order valence-corrected chi connectivity index (χ2v) is 4.79. The Hall–Kier alpha value is -1.55. The maximum Gasteiger partial charge on any atom is 0.203 e. The third-order valence-electron chi connectivity index (χ3n) is 3.26. The number of rotatable bonds is 8. The van der Waals surface area contributed by atoms with Gasteiger partial charge in [0.1, 0.15) is 0 Å². The van der Waals surface area contributed by atoms with Crippen LogP contribution in [0.15, 0.2) is 24.3 Å². The minimum atomic E-state index is 0.211. The molecule has 2 aromatic rings. The molecule has 1 heterocycles. The fourth-order valence-electron chi connectivity index (χ4n) is 2.24. The molecule has 0 aliphatic carbocycles. The monoisotopic (exact) mass is 261 g/mol. The highest BCUT2D eigenvalue weighted by Crippen LogP contribution is 2.20. The number of nitrogens with zero attached hydrogens (tertiary/aromatic N) is 2. The molecular formula is C15H23N3O. The molecule has 0 aliphatic heterocycles. The Balaban J connectivity index is 2.18. The van der Waals surface area contributed by atoms with E-state index in [1.165, 1.54) is 24.8 Å². The molecule has 1 aromatic carbocycles. The minimum Gasteiger partial charge on any atom is -0.396 e. The van der Waals surface area contributed by atoms with E-state index in [0.29, 0.717) is 0 Å². The average molecular weight is 261 g/mol. The van der Waals surface area contributed by atoms with Gasteiger partial charge in [0.15, 0.2) is 0 Å². The molecule has 19 heavy (non-hydrogen) atoms. The molecule has 4 heteroatoms. The smallest absolute Gasteiger partial charge is 0.203 e. The second-order valence-electron chi connectivity index (χ2n) is 4.79. The van der Waals surface area contributed by atoms with E-state index < -0.39 is 0 Å². The fourth-order valence-corrected chi connectivity index (χ4v) is 2.24. The third kappa shape index (κ3) is 3.47. The lowest BCUT2D eigenvalue weighted by atomic mass is 10.2. The van der Waals surface area contributed by atoms with Crippen LogP contribution in [0.5, 0.6) is 0 Å².